The Hall–Kier alpha value is -2.46. The Morgan fingerprint density at radius 3 is 2.50 bits per heavy atom. The normalized spacial score (nSPS) is 10.6. The molecule has 3 nitrogen and oxygen atoms in total. The molecule has 0 bridgehead atoms. The van der Waals surface area contributed by atoms with Gasteiger partial charge in [0, 0.05) is 16.9 Å². The van der Waals surface area contributed by atoms with Crippen LogP contribution < -0.4 is 5.32 Å². The van der Waals surface area contributed by atoms with Crippen molar-refractivity contribution in [2.45, 2.75) is 26.8 Å². The quantitative estimate of drug-likeness (QED) is 0.755. The van der Waals surface area contributed by atoms with Crippen LogP contribution in [0.3, 0.4) is 0 Å². The van der Waals surface area contributed by atoms with Crippen LogP contribution in [0.15, 0.2) is 54.6 Å². The van der Waals surface area contributed by atoms with Gasteiger partial charge in [-0.2, -0.15) is 0 Å². The zero-order valence-corrected chi connectivity index (χ0v) is 14.7. The summed E-state index contributed by atoms with van der Waals surface area (Å²) in [6.45, 7) is 4.44. The minimum atomic E-state index is -0.0504. The van der Waals surface area contributed by atoms with Crippen LogP contribution in [0, 0.1) is 13.8 Å². The summed E-state index contributed by atoms with van der Waals surface area (Å²) in [5.74, 6) is -0.0504. The lowest BCUT2D eigenvalue weighted by molar-refractivity contribution is 0.0950. The molecule has 0 saturated heterocycles. The summed E-state index contributed by atoms with van der Waals surface area (Å²) in [4.78, 5) is 18.1. The molecule has 0 aliphatic rings. The average Bonchev–Trinajstić information content (AvgIpc) is 2.94. The molecule has 3 aromatic rings. The van der Waals surface area contributed by atoms with Crippen LogP contribution >= 0.6 is 11.3 Å². The van der Waals surface area contributed by atoms with E-state index >= 15 is 0 Å². The van der Waals surface area contributed by atoms with Crippen LogP contribution in [0.25, 0.3) is 0 Å². The van der Waals surface area contributed by atoms with Gasteiger partial charge in [-0.15, -0.1) is 11.3 Å². The first-order valence-corrected chi connectivity index (χ1v) is 8.78. The van der Waals surface area contributed by atoms with Crippen molar-refractivity contribution in [3.05, 3.63) is 86.9 Å². The topological polar surface area (TPSA) is 42.0 Å². The standard InChI is InChI=1S/C20H20N2OS/c1-14-8-6-7-11-17(14)20(23)21-13-19-22-15(2)18(24-19)12-16-9-4-3-5-10-16/h3-11H,12-13H2,1-2H3,(H,21,23). The van der Waals surface area contributed by atoms with Gasteiger partial charge in [-0.25, -0.2) is 4.98 Å². The Balaban J connectivity index is 1.65. The van der Waals surface area contributed by atoms with Gasteiger partial charge < -0.3 is 5.32 Å². The van der Waals surface area contributed by atoms with E-state index in [2.05, 4.69) is 34.6 Å². The predicted molar refractivity (Wildman–Crippen MR) is 98.4 cm³/mol. The molecule has 0 spiro atoms. The van der Waals surface area contributed by atoms with Crippen molar-refractivity contribution in [2.75, 3.05) is 0 Å². The number of nitrogens with zero attached hydrogens (tertiary/aromatic N) is 1. The maximum Gasteiger partial charge on any atom is 0.251 e. The third-order valence-corrected chi connectivity index (χ3v) is 5.09. The molecule has 0 radical (unpaired) electrons. The van der Waals surface area contributed by atoms with E-state index in [1.54, 1.807) is 11.3 Å². The Morgan fingerprint density at radius 1 is 1.04 bits per heavy atom. The van der Waals surface area contributed by atoms with E-state index in [-0.39, 0.29) is 5.91 Å². The summed E-state index contributed by atoms with van der Waals surface area (Å²) in [5, 5.41) is 3.91. The highest BCUT2D eigenvalue weighted by molar-refractivity contribution is 7.11. The number of nitrogens with one attached hydrogen (secondary N) is 1. The van der Waals surface area contributed by atoms with Gasteiger partial charge in [0.05, 0.1) is 12.2 Å². The molecular formula is C20H20N2OS. The lowest BCUT2D eigenvalue weighted by Gasteiger charge is -2.05. The summed E-state index contributed by atoms with van der Waals surface area (Å²) in [7, 11) is 0. The minimum Gasteiger partial charge on any atom is -0.346 e. The number of carbonyl (C=O) groups is 1. The van der Waals surface area contributed by atoms with Crippen molar-refractivity contribution >= 4 is 17.2 Å². The smallest absolute Gasteiger partial charge is 0.251 e. The molecule has 4 heteroatoms. The fourth-order valence-corrected chi connectivity index (χ4v) is 3.63. The van der Waals surface area contributed by atoms with Crippen LogP contribution in [0.4, 0.5) is 0 Å². The SMILES string of the molecule is Cc1ccccc1C(=O)NCc1nc(C)c(Cc2ccccc2)s1. The number of benzene rings is 2. The molecule has 0 atom stereocenters. The van der Waals surface area contributed by atoms with Gasteiger partial charge in [-0.05, 0) is 31.0 Å². The second-order valence-electron chi connectivity index (χ2n) is 5.78. The van der Waals surface area contributed by atoms with Crippen molar-refractivity contribution < 1.29 is 4.79 Å². The molecular weight excluding hydrogens is 316 g/mol. The van der Waals surface area contributed by atoms with Crippen LogP contribution in [0.1, 0.15) is 37.1 Å². The summed E-state index contributed by atoms with van der Waals surface area (Å²) in [5.41, 5.74) is 4.02. The highest BCUT2D eigenvalue weighted by atomic mass is 32.1. The zero-order chi connectivity index (χ0) is 16.9. The van der Waals surface area contributed by atoms with Gasteiger partial charge in [-0.1, -0.05) is 48.5 Å². The van der Waals surface area contributed by atoms with Gasteiger partial charge in [-0.3, -0.25) is 4.79 Å². The second kappa shape index (κ2) is 7.41. The summed E-state index contributed by atoms with van der Waals surface area (Å²) in [6.07, 6.45) is 0.885. The molecule has 1 amide bonds. The van der Waals surface area contributed by atoms with Crippen molar-refractivity contribution in [3.63, 3.8) is 0 Å². The van der Waals surface area contributed by atoms with Gasteiger partial charge in [0.1, 0.15) is 5.01 Å². The molecule has 1 aromatic heterocycles. The fraction of sp³-hybridized carbons (Fsp3) is 0.200. The van der Waals surface area contributed by atoms with E-state index in [0.717, 1.165) is 28.2 Å². The van der Waals surface area contributed by atoms with Crippen LogP contribution in [-0.2, 0) is 13.0 Å². The maximum atomic E-state index is 12.3. The van der Waals surface area contributed by atoms with Crippen molar-refractivity contribution in [1.29, 1.82) is 0 Å². The number of aromatic nitrogens is 1. The van der Waals surface area contributed by atoms with E-state index in [1.165, 1.54) is 10.4 Å². The monoisotopic (exact) mass is 336 g/mol. The maximum absolute atomic E-state index is 12.3. The number of rotatable bonds is 5. The Bertz CT molecular complexity index is 840. The molecule has 2 aromatic carbocycles. The lowest BCUT2D eigenvalue weighted by Crippen LogP contribution is -2.23. The van der Waals surface area contributed by atoms with E-state index in [1.807, 2.05) is 44.2 Å². The first kappa shape index (κ1) is 16.4. The number of amides is 1. The molecule has 24 heavy (non-hydrogen) atoms. The van der Waals surface area contributed by atoms with E-state index in [0.29, 0.717) is 6.54 Å². The average molecular weight is 336 g/mol. The van der Waals surface area contributed by atoms with Gasteiger partial charge in [0.25, 0.3) is 5.91 Å². The van der Waals surface area contributed by atoms with Gasteiger partial charge in [0.15, 0.2) is 0 Å². The molecule has 122 valence electrons. The highest BCUT2D eigenvalue weighted by Gasteiger charge is 2.11. The zero-order valence-electron chi connectivity index (χ0n) is 13.9. The molecule has 1 heterocycles. The summed E-state index contributed by atoms with van der Waals surface area (Å²) in [6, 6.07) is 18.0. The Kier molecular flexibility index (Phi) is 5.06. The van der Waals surface area contributed by atoms with E-state index in [4.69, 9.17) is 0 Å². The van der Waals surface area contributed by atoms with Crippen molar-refractivity contribution in [1.82, 2.24) is 10.3 Å². The predicted octanol–water partition coefficient (Wildman–Crippen LogP) is 4.28. The molecule has 0 saturated carbocycles. The fourth-order valence-electron chi connectivity index (χ4n) is 2.59. The molecule has 0 aliphatic heterocycles. The van der Waals surface area contributed by atoms with Crippen LogP contribution in [-0.4, -0.2) is 10.9 Å². The minimum absolute atomic E-state index is 0.0504. The number of thiazole rings is 1. The highest BCUT2D eigenvalue weighted by Crippen LogP contribution is 2.21. The molecule has 3 rings (SSSR count). The number of hydrogen-bond acceptors (Lipinski definition) is 3. The largest absolute Gasteiger partial charge is 0.346 e. The first-order valence-electron chi connectivity index (χ1n) is 7.96. The summed E-state index contributed by atoms with van der Waals surface area (Å²) >= 11 is 1.67. The Labute approximate surface area is 146 Å². The molecule has 0 unspecified atom stereocenters. The van der Waals surface area contributed by atoms with Crippen LogP contribution in [0.5, 0.6) is 0 Å². The number of hydrogen-bond donors (Lipinski definition) is 1. The third-order valence-electron chi connectivity index (χ3n) is 3.93. The van der Waals surface area contributed by atoms with Crippen molar-refractivity contribution in [2.24, 2.45) is 0 Å². The van der Waals surface area contributed by atoms with Crippen LogP contribution in [0.2, 0.25) is 0 Å². The second-order valence-corrected chi connectivity index (χ2v) is 6.94. The Morgan fingerprint density at radius 2 is 1.75 bits per heavy atom. The van der Waals surface area contributed by atoms with Gasteiger partial charge >= 0.3 is 0 Å². The van der Waals surface area contributed by atoms with Crippen molar-refractivity contribution in [3.8, 4) is 0 Å². The van der Waals surface area contributed by atoms with E-state index < -0.39 is 0 Å². The molecule has 1 N–H and O–H groups in total. The van der Waals surface area contributed by atoms with E-state index in [9.17, 15) is 4.79 Å². The van der Waals surface area contributed by atoms with Gasteiger partial charge in [0.2, 0.25) is 0 Å². The number of aryl methyl sites for hydroxylation is 2. The third kappa shape index (κ3) is 3.89. The molecule has 0 aliphatic carbocycles. The summed E-state index contributed by atoms with van der Waals surface area (Å²) < 4.78 is 0. The first-order chi connectivity index (χ1) is 11.6. The lowest BCUT2D eigenvalue weighted by atomic mass is 10.1. The number of carbonyl (C=O) groups excluding carboxylic acids is 1. The molecule has 0 fully saturated rings.